The lowest BCUT2D eigenvalue weighted by Gasteiger charge is -2.51. The molecule has 1 aliphatic carbocycles. The zero-order valence-electron chi connectivity index (χ0n) is 12.2. The second kappa shape index (κ2) is 6.46. The molecule has 0 radical (unpaired) electrons. The number of hydrogen-bond acceptors (Lipinski definition) is 4. The molecule has 1 saturated heterocycles. The van der Waals surface area contributed by atoms with Crippen LogP contribution in [0.1, 0.15) is 33.1 Å². The monoisotopic (exact) mass is 286 g/mol. The van der Waals surface area contributed by atoms with Crippen LogP contribution in [0.5, 0.6) is 0 Å². The van der Waals surface area contributed by atoms with Crippen LogP contribution < -0.4 is 10.6 Å². The van der Waals surface area contributed by atoms with E-state index in [9.17, 15) is 4.79 Å². The van der Waals surface area contributed by atoms with E-state index in [2.05, 4.69) is 24.5 Å². The lowest BCUT2D eigenvalue weighted by atomic mass is 9.64. The van der Waals surface area contributed by atoms with Crippen LogP contribution in [0, 0.1) is 5.41 Å². The fraction of sp³-hybridized carbons (Fsp3) is 0.929. The maximum absolute atomic E-state index is 12.0. The Morgan fingerprint density at radius 2 is 2.11 bits per heavy atom. The summed E-state index contributed by atoms with van der Waals surface area (Å²) in [6.07, 6.45) is 3.57. The highest BCUT2D eigenvalue weighted by Gasteiger charge is 2.49. The summed E-state index contributed by atoms with van der Waals surface area (Å²) in [7, 11) is 1.75. The summed E-state index contributed by atoms with van der Waals surface area (Å²) in [6, 6.07) is 0.263. The highest BCUT2D eigenvalue weighted by molar-refractivity contribution is 8.00. The van der Waals surface area contributed by atoms with Crippen molar-refractivity contribution >= 4 is 17.7 Å². The maximum atomic E-state index is 12.0. The molecule has 2 N–H and O–H groups in total. The number of thioether (sulfide) groups is 1. The van der Waals surface area contributed by atoms with Crippen LogP contribution in [0.3, 0.4) is 0 Å². The van der Waals surface area contributed by atoms with E-state index in [-0.39, 0.29) is 23.5 Å². The van der Waals surface area contributed by atoms with E-state index in [1.54, 1.807) is 18.9 Å². The van der Waals surface area contributed by atoms with Gasteiger partial charge in [0, 0.05) is 23.8 Å². The van der Waals surface area contributed by atoms with E-state index in [1.807, 2.05) is 0 Å². The molecular weight excluding hydrogens is 260 g/mol. The van der Waals surface area contributed by atoms with Crippen LogP contribution >= 0.6 is 11.8 Å². The topological polar surface area (TPSA) is 50.4 Å². The van der Waals surface area contributed by atoms with Gasteiger partial charge in [-0.3, -0.25) is 4.79 Å². The summed E-state index contributed by atoms with van der Waals surface area (Å²) in [5.41, 5.74) is 0.0594. The molecule has 1 heterocycles. The maximum Gasteiger partial charge on any atom is 0.230 e. The van der Waals surface area contributed by atoms with Gasteiger partial charge in [0.15, 0.2) is 0 Å². The molecule has 0 aromatic heterocycles. The molecule has 0 spiro atoms. The van der Waals surface area contributed by atoms with Crippen molar-refractivity contribution in [3.05, 3.63) is 0 Å². The first-order valence-corrected chi connectivity index (χ1v) is 8.23. The molecule has 0 aromatic rings. The van der Waals surface area contributed by atoms with Crippen molar-refractivity contribution < 1.29 is 9.53 Å². The average molecular weight is 286 g/mol. The minimum absolute atomic E-state index is 0.0594. The fourth-order valence-corrected chi connectivity index (χ4v) is 3.96. The van der Waals surface area contributed by atoms with E-state index in [1.165, 1.54) is 12.8 Å². The van der Waals surface area contributed by atoms with Gasteiger partial charge in [-0.2, -0.15) is 0 Å². The van der Waals surface area contributed by atoms with Crippen molar-refractivity contribution in [3.63, 3.8) is 0 Å². The number of methoxy groups -OCH3 is 1. The predicted octanol–water partition coefficient (Wildman–Crippen LogP) is 1.40. The van der Waals surface area contributed by atoms with Gasteiger partial charge in [0.05, 0.1) is 11.9 Å². The van der Waals surface area contributed by atoms with E-state index in [0.29, 0.717) is 11.0 Å². The molecule has 2 unspecified atom stereocenters. The normalized spacial score (nSPS) is 30.7. The van der Waals surface area contributed by atoms with E-state index in [4.69, 9.17) is 4.74 Å². The summed E-state index contributed by atoms with van der Waals surface area (Å²) in [6.45, 7) is 6.50. The zero-order valence-corrected chi connectivity index (χ0v) is 13.0. The minimum atomic E-state index is 0.0594. The Hall–Kier alpha value is -0.260. The highest BCUT2D eigenvalue weighted by Crippen LogP contribution is 2.42. The van der Waals surface area contributed by atoms with Crippen molar-refractivity contribution in [2.24, 2.45) is 5.41 Å². The van der Waals surface area contributed by atoms with Crippen molar-refractivity contribution in [3.8, 4) is 0 Å². The Kier molecular flexibility index (Phi) is 5.15. The highest BCUT2D eigenvalue weighted by atomic mass is 32.2. The molecule has 0 bridgehead atoms. The Labute approximate surface area is 120 Å². The Morgan fingerprint density at radius 1 is 1.42 bits per heavy atom. The van der Waals surface area contributed by atoms with Gasteiger partial charge >= 0.3 is 0 Å². The van der Waals surface area contributed by atoms with Crippen molar-refractivity contribution in [1.82, 2.24) is 10.6 Å². The van der Waals surface area contributed by atoms with Gasteiger partial charge in [-0.05, 0) is 32.4 Å². The average Bonchev–Trinajstić information content (AvgIpc) is 2.42. The number of carbonyl (C=O) groups excluding carboxylic acids is 1. The SMILES string of the molecule is COC1CC(NC(=O)CSC2CCNCC2)C1(C)C. The molecule has 0 aromatic carbocycles. The van der Waals surface area contributed by atoms with Gasteiger partial charge in [0.1, 0.15) is 0 Å². The Balaban J connectivity index is 1.67. The molecule has 1 saturated carbocycles. The first-order chi connectivity index (χ1) is 9.04. The van der Waals surface area contributed by atoms with Crippen molar-refractivity contribution in [1.29, 1.82) is 0 Å². The quantitative estimate of drug-likeness (QED) is 0.802. The third-order valence-corrected chi connectivity index (χ3v) is 5.91. The summed E-state index contributed by atoms with van der Waals surface area (Å²) >= 11 is 1.81. The Bertz CT molecular complexity index is 317. The van der Waals surface area contributed by atoms with Crippen LogP contribution in [-0.2, 0) is 9.53 Å². The number of nitrogens with one attached hydrogen (secondary N) is 2. The van der Waals surface area contributed by atoms with Crippen LogP contribution in [0.15, 0.2) is 0 Å². The van der Waals surface area contributed by atoms with Gasteiger partial charge in [-0.15, -0.1) is 11.8 Å². The third kappa shape index (κ3) is 3.64. The molecule has 19 heavy (non-hydrogen) atoms. The number of rotatable bonds is 5. The lowest BCUT2D eigenvalue weighted by molar-refractivity contribution is -0.130. The van der Waals surface area contributed by atoms with E-state index >= 15 is 0 Å². The van der Waals surface area contributed by atoms with Crippen LogP contribution in [0.25, 0.3) is 0 Å². The third-order valence-electron chi connectivity index (χ3n) is 4.53. The van der Waals surface area contributed by atoms with Gasteiger partial charge in [-0.25, -0.2) is 0 Å². The molecule has 2 aliphatic rings. The number of hydrogen-bond donors (Lipinski definition) is 2. The summed E-state index contributed by atoms with van der Waals surface area (Å²) in [4.78, 5) is 12.0. The molecule has 1 amide bonds. The number of piperidine rings is 1. The summed E-state index contributed by atoms with van der Waals surface area (Å²) in [5.74, 6) is 0.769. The molecular formula is C14H26N2O2S. The molecule has 5 heteroatoms. The predicted molar refractivity (Wildman–Crippen MR) is 79.5 cm³/mol. The standard InChI is InChI=1S/C14H26N2O2S/c1-14(2)11(8-12(14)18-3)16-13(17)9-19-10-4-6-15-7-5-10/h10-12,15H,4-9H2,1-3H3,(H,16,17). The molecule has 2 fully saturated rings. The number of amides is 1. The van der Waals surface area contributed by atoms with Crippen molar-refractivity contribution in [2.45, 2.75) is 50.5 Å². The van der Waals surface area contributed by atoms with Crippen LogP contribution in [0.2, 0.25) is 0 Å². The Morgan fingerprint density at radius 3 is 2.68 bits per heavy atom. The number of carbonyl (C=O) groups is 1. The van der Waals surface area contributed by atoms with Gasteiger partial charge in [-0.1, -0.05) is 13.8 Å². The number of ether oxygens (including phenoxy) is 1. The fourth-order valence-electron chi connectivity index (χ4n) is 2.92. The molecule has 4 nitrogen and oxygen atoms in total. The molecule has 2 atom stereocenters. The first-order valence-electron chi connectivity index (χ1n) is 7.18. The lowest BCUT2D eigenvalue weighted by Crippen LogP contribution is -2.62. The van der Waals surface area contributed by atoms with E-state index in [0.717, 1.165) is 19.5 Å². The zero-order chi connectivity index (χ0) is 13.9. The summed E-state index contributed by atoms with van der Waals surface area (Å²) < 4.78 is 5.40. The van der Waals surface area contributed by atoms with Crippen LogP contribution in [0.4, 0.5) is 0 Å². The van der Waals surface area contributed by atoms with Crippen molar-refractivity contribution in [2.75, 3.05) is 26.0 Å². The largest absolute Gasteiger partial charge is 0.381 e. The molecule has 1 aliphatic heterocycles. The van der Waals surface area contributed by atoms with Crippen LogP contribution in [-0.4, -0.2) is 49.3 Å². The van der Waals surface area contributed by atoms with E-state index < -0.39 is 0 Å². The minimum Gasteiger partial charge on any atom is -0.381 e. The van der Waals surface area contributed by atoms with Gasteiger partial charge < -0.3 is 15.4 Å². The summed E-state index contributed by atoms with van der Waals surface area (Å²) in [5, 5.41) is 7.15. The van der Waals surface area contributed by atoms with Gasteiger partial charge in [0.2, 0.25) is 5.91 Å². The second-order valence-corrected chi connectivity index (χ2v) is 7.45. The molecule has 2 rings (SSSR count). The first kappa shape index (κ1) is 15.1. The molecule has 110 valence electrons. The second-order valence-electron chi connectivity index (χ2n) is 6.16. The smallest absolute Gasteiger partial charge is 0.230 e. The van der Waals surface area contributed by atoms with Gasteiger partial charge in [0.25, 0.3) is 0 Å².